The number of methoxy groups -OCH3 is 2. The molecule has 0 fully saturated rings. The highest BCUT2D eigenvalue weighted by Crippen LogP contribution is 2.19. The Morgan fingerprint density at radius 3 is 1.93 bits per heavy atom. The summed E-state index contributed by atoms with van der Waals surface area (Å²) in [6.07, 6.45) is 0. The molecule has 0 saturated carbocycles. The van der Waals surface area contributed by atoms with Gasteiger partial charge >= 0.3 is 11.9 Å². The van der Waals surface area contributed by atoms with E-state index in [9.17, 15) is 14.4 Å². The molecule has 8 heteroatoms. The molecule has 1 N–H and O–H groups in total. The monoisotopic (exact) mass is 400 g/mol. The summed E-state index contributed by atoms with van der Waals surface area (Å²) in [5, 5.41) is 2.75. The first kappa shape index (κ1) is 21.7. The van der Waals surface area contributed by atoms with Crippen LogP contribution in [0, 0.1) is 0 Å². The minimum Gasteiger partial charge on any atom is -0.484 e. The second-order valence-corrected chi connectivity index (χ2v) is 6.36. The van der Waals surface area contributed by atoms with Gasteiger partial charge in [0.25, 0.3) is 5.91 Å². The number of anilines is 1. The van der Waals surface area contributed by atoms with Crippen LogP contribution in [0.3, 0.4) is 0 Å². The molecule has 8 nitrogen and oxygen atoms in total. The summed E-state index contributed by atoms with van der Waals surface area (Å²) in [6.45, 7) is 0.0759. The van der Waals surface area contributed by atoms with Gasteiger partial charge in [-0.2, -0.15) is 0 Å². The van der Waals surface area contributed by atoms with Gasteiger partial charge in [0.15, 0.2) is 6.61 Å². The quantitative estimate of drug-likeness (QED) is 0.678. The summed E-state index contributed by atoms with van der Waals surface area (Å²) in [6, 6.07) is 11.9. The van der Waals surface area contributed by atoms with Gasteiger partial charge in [-0.15, -0.1) is 0 Å². The fourth-order valence-electron chi connectivity index (χ4n) is 2.47. The lowest BCUT2D eigenvalue weighted by molar-refractivity contribution is -0.123. The molecule has 2 rings (SSSR count). The largest absolute Gasteiger partial charge is 0.484 e. The van der Waals surface area contributed by atoms with Crippen LogP contribution in [-0.4, -0.2) is 52.8 Å². The van der Waals surface area contributed by atoms with Crippen LogP contribution in [0.1, 0.15) is 26.3 Å². The second-order valence-electron chi connectivity index (χ2n) is 6.36. The lowest BCUT2D eigenvalue weighted by Gasteiger charge is -2.13. The fraction of sp³-hybridized carbons (Fsp3) is 0.286. The number of hydrogen-bond acceptors (Lipinski definition) is 7. The molecule has 0 aliphatic rings. The summed E-state index contributed by atoms with van der Waals surface area (Å²) in [4.78, 5) is 37.6. The maximum absolute atomic E-state index is 12.1. The van der Waals surface area contributed by atoms with Gasteiger partial charge in [-0.05, 0) is 35.9 Å². The van der Waals surface area contributed by atoms with Gasteiger partial charge in [0.1, 0.15) is 5.75 Å². The molecule has 2 aromatic carbocycles. The van der Waals surface area contributed by atoms with Gasteiger partial charge < -0.3 is 24.4 Å². The van der Waals surface area contributed by atoms with Gasteiger partial charge in [-0.1, -0.05) is 12.1 Å². The zero-order chi connectivity index (χ0) is 21.4. The van der Waals surface area contributed by atoms with Crippen LogP contribution in [0.15, 0.2) is 42.5 Å². The Morgan fingerprint density at radius 1 is 0.897 bits per heavy atom. The van der Waals surface area contributed by atoms with Gasteiger partial charge in [-0.25, -0.2) is 9.59 Å². The minimum atomic E-state index is -0.633. The zero-order valence-electron chi connectivity index (χ0n) is 16.9. The molecule has 0 aromatic heterocycles. The number of esters is 2. The standard InChI is InChI=1S/C21H24N2O6/c1-23(2)17-7-5-14(6-8-17)12-22-19(24)13-29-18-10-15(20(25)27-3)9-16(11-18)21(26)28-4/h5-11H,12-13H2,1-4H3,(H,22,24). The van der Waals surface area contributed by atoms with Gasteiger partial charge in [0.05, 0.1) is 25.3 Å². The SMILES string of the molecule is COC(=O)c1cc(OCC(=O)NCc2ccc(N(C)C)cc2)cc(C(=O)OC)c1. The Bertz CT molecular complexity index is 843. The van der Waals surface area contributed by atoms with E-state index in [1.807, 2.05) is 43.3 Å². The highest BCUT2D eigenvalue weighted by Gasteiger charge is 2.15. The summed E-state index contributed by atoms with van der Waals surface area (Å²) in [5.41, 5.74) is 2.25. The van der Waals surface area contributed by atoms with E-state index in [4.69, 9.17) is 4.74 Å². The lowest BCUT2D eigenvalue weighted by atomic mass is 10.1. The molecule has 0 unspecified atom stereocenters. The summed E-state index contributed by atoms with van der Waals surface area (Å²) < 4.78 is 14.8. The predicted molar refractivity (Wildman–Crippen MR) is 107 cm³/mol. The van der Waals surface area contributed by atoms with Crippen molar-refractivity contribution in [1.82, 2.24) is 5.32 Å². The van der Waals surface area contributed by atoms with Crippen LogP contribution in [0.4, 0.5) is 5.69 Å². The van der Waals surface area contributed by atoms with Crippen molar-refractivity contribution in [3.8, 4) is 5.75 Å². The summed E-state index contributed by atoms with van der Waals surface area (Å²) >= 11 is 0. The molecule has 154 valence electrons. The average Bonchev–Trinajstić information content (AvgIpc) is 2.75. The normalized spacial score (nSPS) is 10.1. The molecule has 0 bridgehead atoms. The molecule has 0 heterocycles. The van der Waals surface area contributed by atoms with Crippen LogP contribution in [0.2, 0.25) is 0 Å². The Hall–Kier alpha value is -3.55. The summed E-state index contributed by atoms with van der Waals surface area (Å²) in [5.74, 6) is -1.43. The van der Waals surface area contributed by atoms with E-state index in [0.717, 1.165) is 11.3 Å². The van der Waals surface area contributed by atoms with Crippen molar-refractivity contribution in [2.75, 3.05) is 39.8 Å². The van der Waals surface area contributed by atoms with Crippen LogP contribution in [0.5, 0.6) is 5.75 Å². The van der Waals surface area contributed by atoms with E-state index >= 15 is 0 Å². The van der Waals surface area contributed by atoms with E-state index in [1.54, 1.807) is 0 Å². The molecule has 0 aliphatic carbocycles. The number of hydrogen-bond donors (Lipinski definition) is 1. The van der Waals surface area contributed by atoms with Crippen LogP contribution < -0.4 is 15.0 Å². The number of nitrogens with one attached hydrogen (secondary N) is 1. The Kier molecular flexibility index (Phi) is 7.59. The third kappa shape index (κ3) is 6.24. The van der Waals surface area contributed by atoms with E-state index in [2.05, 4.69) is 14.8 Å². The molecule has 0 spiro atoms. The highest BCUT2D eigenvalue weighted by molar-refractivity contribution is 5.96. The van der Waals surface area contributed by atoms with Crippen molar-refractivity contribution in [1.29, 1.82) is 0 Å². The molecule has 0 radical (unpaired) electrons. The molecule has 0 saturated heterocycles. The van der Waals surface area contributed by atoms with E-state index in [1.165, 1.54) is 32.4 Å². The first-order valence-electron chi connectivity index (χ1n) is 8.81. The van der Waals surface area contributed by atoms with Crippen molar-refractivity contribution in [2.24, 2.45) is 0 Å². The van der Waals surface area contributed by atoms with Crippen molar-refractivity contribution >= 4 is 23.5 Å². The maximum atomic E-state index is 12.1. The van der Waals surface area contributed by atoms with Gasteiger partial charge in [-0.3, -0.25) is 4.79 Å². The number of benzene rings is 2. The number of carbonyl (C=O) groups excluding carboxylic acids is 3. The number of amides is 1. The Morgan fingerprint density at radius 2 is 1.45 bits per heavy atom. The van der Waals surface area contributed by atoms with Crippen LogP contribution in [-0.2, 0) is 20.8 Å². The zero-order valence-corrected chi connectivity index (χ0v) is 16.9. The number of ether oxygens (including phenoxy) is 3. The molecular formula is C21H24N2O6. The third-order valence-corrected chi connectivity index (χ3v) is 4.06. The predicted octanol–water partition coefficient (Wildman–Crippen LogP) is 2.02. The third-order valence-electron chi connectivity index (χ3n) is 4.06. The highest BCUT2D eigenvalue weighted by atomic mass is 16.5. The lowest BCUT2D eigenvalue weighted by Crippen LogP contribution is -2.28. The molecule has 0 aliphatic heterocycles. The maximum Gasteiger partial charge on any atom is 0.338 e. The van der Waals surface area contributed by atoms with E-state index < -0.39 is 11.9 Å². The first-order valence-corrected chi connectivity index (χ1v) is 8.81. The molecule has 29 heavy (non-hydrogen) atoms. The number of rotatable bonds is 8. The van der Waals surface area contributed by atoms with Gasteiger partial charge in [0.2, 0.25) is 0 Å². The van der Waals surface area contributed by atoms with Crippen LogP contribution >= 0.6 is 0 Å². The average molecular weight is 400 g/mol. The van der Waals surface area contributed by atoms with Crippen LogP contribution in [0.25, 0.3) is 0 Å². The Balaban J connectivity index is 1.98. The molecule has 1 amide bonds. The Labute approximate surface area is 169 Å². The fourth-order valence-corrected chi connectivity index (χ4v) is 2.47. The van der Waals surface area contributed by atoms with E-state index in [-0.39, 0.29) is 29.4 Å². The minimum absolute atomic E-state index is 0.117. The first-order chi connectivity index (χ1) is 13.8. The molecule has 2 aromatic rings. The van der Waals surface area contributed by atoms with Gasteiger partial charge in [0, 0.05) is 26.3 Å². The van der Waals surface area contributed by atoms with E-state index in [0.29, 0.717) is 6.54 Å². The number of nitrogens with zero attached hydrogens (tertiary/aromatic N) is 1. The smallest absolute Gasteiger partial charge is 0.338 e. The number of carbonyl (C=O) groups is 3. The van der Waals surface area contributed by atoms with Crippen molar-refractivity contribution in [3.63, 3.8) is 0 Å². The summed E-state index contributed by atoms with van der Waals surface area (Å²) in [7, 11) is 6.36. The molecule has 0 atom stereocenters. The second kappa shape index (κ2) is 10.1. The van der Waals surface area contributed by atoms with Crippen molar-refractivity contribution < 1.29 is 28.6 Å². The van der Waals surface area contributed by atoms with Crippen molar-refractivity contribution in [3.05, 3.63) is 59.2 Å². The topological polar surface area (TPSA) is 94.2 Å². The molecular weight excluding hydrogens is 376 g/mol. The van der Waals surface area contributed by atoms with Crippen molar-refractivity contribution in [2.45, 2.75) is 6.54 Å².